The minimum absolute atomic E-state index is 0.0509. The van der Waals surface area contributed by atoms with Crippen LogP contribution in [0.4, 0.5) is 11.4 Å². The van der Waals surface area contributed by atoms with Crippen molar-refractivity contribution in [3.05, 3.63) is 33.9 Å². The van der Waals surface area contributed by atoms with Crippen LogP contribution >= 0.6 is 0 Å². The van der Waals surface area contributed by atoms with Crippen LogP contribution in [0.15, 0.2) is 18.2 Å². The highest BCUT2D eigenvalue weighted by molar-refractivity contribution is 5.94. The van der Waals surface area contributed by atoms with Gasteiger partial charge in [0.15, 0.2) is 0 Å². The van der Waals surface area contributed by atoms with Crippen LogP contribution < -0.4 is 10.6 Å². The first-order valence-electron chi connectivity index (χ1n) is 6.35. The highest BCUT2D eigenvalue weighted by Gasteiger charge is 2.26. The van der Waals surface area contributed by atoms with Crippen LogP contribution in [0.5, 0.6) is 0 Å². The molecule has 1 heterocycles. The molecule has 0 spiro atoms. The summed E-state index contributed by atoms with van der Waals surface area (Å²) in [6, 6.07) is 4.71. The fourth-order valence-corrected chi connectivity index (χ4v) is 2.52. The molecule has 6 heteroatoms. The minimum atomic E-state index is -0.652. The van der Waals surface area contributed by atoms with Gasteiger partial charge in [0.2, 0.25) is 5.91 Å². The third kappa shape index (κ3) is 2.67. The molecule has 1 amide bonds. The van der Waals surface area contributed by atoms with Crippen LogP contribution in [-0.2, 0) is 0 Å². The predicted molar refractivity (Wildman–Crippen MR) is 72.3 cm³/mol. The third-order valence-corrected chi connectivity index (χ3v) is 3.57. The van der Waals surface area contributed by atoms with E-state index in [1.165, 1.54) is 6.07 Å². The molecule has 0 unspecified atom stereocenters. The predicted octanol–water partition coefficient (Wildman–Crippen LogP) is 2.07. The highest BCUT2D eigenvalue weighted by Crippen LogP contribution is 2.33. The Morgan fingerprint density at radius 3 is 2.79 bits per heavy atom. The maximum Gasteiger partial charge on any atom is 0.293 e. The van der Waals surface area contributed by atoms with Gasteiger partial charge in [-0.25, -0.2) is 0 Å². The summed E-state index contributed by atoms with van der Waals surface area (Å²) in [5.74, 6) is -0.652. The van der Waals surface area contributed by atoms with Crippen LogP contribution in [0.2, 0.25) is 0 Å². The second-order valence-corrected chi connectivity index (χ2v) is 4.86. The fourth-order valence-electron chi connectivity index (χ4n) is 2.52. The van der Waals surface area contributed by atoms with Gasteiger partial charge in [-0.2, -0.15) is 0 Å². The van der Waals surface area contributed by atoms with E-state index in [9.17, 15) is 14.9 Å². The molecule has 0 aromatic heterocycles. The van der Waals surface area contributed by atoms with E-state index >= 15 is 0 Å². The number of nitrogens with two attached hydrogens (primary N) is 1. The SMILES string of the molecule is C[C@H]1CCCCN1c1ccc(C(N)=O)cc1[N+](=O)[O-]. The molecule has 1 atom stereocenters. The van der Waals surface area contributed by atoms with Gasteiger partial charge < -0.3 is 10.6 Å². The summed E-state index contributed by atoms with van der Waals surface area (Å²) in [6.07, 6.45) is 3.19. The molecule has 1 saturated heterocycles. The van der Waals surface area contributed by atoms with Gasteiger partial charge in [0.05, 0.1) is 4.92 Å². The Morgan fingerprint density at radius 2 is 2.21 bits per heavy atom. The number of hydrogen-bond donors (Lipinski definition) is 1. The first kappa shape index (κ1) is 13.3. The van der Waals surface area contributed by atoms with Gasteiger partial charge in [0.1, 0.15) is 5.69 Å². The van der Waals surface area contributed by atoms with E-state index in [0.29, 0.717) is 5.69 Å². The van der Waals surface area contributed by atoms with E-state index in [-0.39, 0.29) is 17.3 Å². The maximum atomic E-state index is 11.2. The number of rotatable bonds is 3. The monoisotopic (exact) mass is 263 g/mol. The normalized spacial score (nSPS) is 19.2. The lowest BCUT2D eigenvalue weighted by Gasteiger charge is -2.35. The standard InChI is InChI=1S/C13H17N3O3/c1-9-4-2-3-7-15(9)11-6-5-10(13(14)17)8-12(11)16(18)19/h5-6,8-9H,2-4,7H2,1H3,(H2,14,17)/t9-/m0/s1. The average molecular weight is 263 g/mol. The third-order valence-electron chi connectivity index (χ3n) is 3.57. The number of piperidine rings is 1. The lowest BCUT2D eigenvalue weighted by molar-refractivity contribution is -0.384. The highest BCUT2D eigenvalue weighted by atomic mass is 16.6. The van der Waals surface area contributed by atoms with Gasteiger partial charge in [-0.1, -0.05) is 0 Å². The number of amides is 1. The molecule has 0 aliphatic carbocycles. The Labute approximate surface area is 111 Å². The second kappa shape index (κ2) is 5.26. The van der Waals surface area contributed by atoms with Crippen molar-refractivity contribution >= 4 is 17.3 Å². The fraction of sp³-hybridized carbons (Fsp3) is 0.462. The molecule has 0 radical (unpaired) electrons. The maximum absolute atomic E-state index is 11.2. The molecule has 2 rings (SSSR count). The van der Waals surface area contributed by atoms with Crippen molar-refractivity contribution in [2.75, 3.05) is 11.4 Å². The number of carbonyl (C=O) groups excluding carboxylic acids is 1. The van der Waals surface area contributed by atoms with E-state index in [4.69, 9.17) is 5.73 Å². The molecule has 19 heavy (non-hydrogen) atoms. The van der Waals surface area contributed by atoms with Crippen LogP contribution in [0.1, 0.15) is 36.5 Å². The number of hydrogen-bond acceptors (Lipinski definition) is 4. The largest absolute Gasteiger partial charge is 0.366 e. The van der Waals surface area contributed by atoms with Crippen molar-refractivity contribution in [2.24, 2.45) is 5.73 Å². The molecule has 0 saturated carbocycles. The number of benzene rings is 1. The molecule has 1 aromatic rings. The van der Waals surface area contributed by atoms with Gasteiger partial charge in [-0.05, 0) is 38.3 Å². The zero-order valence-corrected chi connectivity index (χ0v) is 10.8. The minimum Gasteiger partial charge on any atom is -0.366 e. The van der Waals surface area contributed by atoms with Crippen molar-refractivity contribution in [1.82, 2.24) is 0 Å². The molecule has 0 bridgehead atoms. The zero-order chi connectivity index (χ0) is 14.0. The van der Waals surface area contributed by atoms with Crippen LogP contribution in [0.25, 0.3) is 0 Å². The quantitative estimate of drug-likeness (QED) is 0.667. The summed E-state index contributed by atoms with van der Waals surface area (Å²) in [6.45, 7) is 2.86. The zero-order valence-electron chi connectivity index (χ0n) is 10.8. The van der Waals surface area contributed by atoms with Crippen molar-refractivity contribution in [3.63, 3.8) is 0 Å². The Hall–Kier alpha value is -2.11. The number of nitrogens with zero attached hydrogens (tertiary/aromatic N) is 2. The van der Waals surface area contributed by atoms with Crippen molar-refractivity contribution < 1.29 is 9.72 Å². The number of nitro groups is 1. The second-order valence-electron chi connectivity index (χ2n) is 4.86. The first-order chi connectivity index (χ1) is 9.00. The topological polar surface area (TPSA) is 89.5 Å². The van der Waals surface area contributed by atoms with E-state index in [0.717, 1.165) is 25.8 Å². The molecule has 102 valence electrons. The summed E-state index contributed by atoms with van der Waals surface area (Å²) in [7, 11) is 0. The molecular weight excluding hydrogens is 246 g/mol. The van der Waals surface area contributed by atoms with Gasteiger partial charge in [-0.15, -0.1) is 0 Å². The van der Waals surface area contributed by atoms with E-state index in [1.54, 1.807) is 12.1 Å². The molecule has 2 N–H and O–H groups in total. The van der Waals surface area contributed by atoms with Crippen molar-refractivity contribution in [3.8, 4) is 0 Å². The lowest BCUT2D eigenvalue weighted by Crippen LogP contribution is -2.37. The summed E-state index contributed by atoms with van der Waals surface area (Å²) in [5.41, 5.74) is 5.85. The number of primary amides is 1. The molecular formula is C13H17N3O3. The number of nitro benzene ring substituents is 1. The number of anilines is 1. The Balaban J connectivity index is 2.44. The molecule has 1 aromatic carbocycles. The summed E-state index contributed by atoms with van der Waals surface area (Å²) >= 11 is 0. The van der Waals surface area contributed by atoms with Gasteiger partial charge >= 0.3 is 0 Å². The molecule has 1 fully saturated rings. The Kier molecular flexibility index (Phi) is 3.69. The van der Waals surface area contributed by atoms with Crippen LogP contribution in [0.3, 0.4) is 0 Å². The van der Waals surface area contributed by atoms with E-state index in [2.05, 4.69) is 6.92 Å². The molecule has 1 aliphatic heterocycles. The number of carbonyl (C=O) groups is 1. The Morgan fingerprint density at radius 1 is 1.47 bits per heavy atom. The van der Waals surface area contributed by atoms with Crippen molar-refractivity contribution in [1.29, 1.82) is 0 Å². The first-order valence-corrected chi connectivity index (χ1v) is 6.35. The van der Waals surface area contributed by atoms with Crippen molar-refractivity contribution in [2.45, 2.75) is 32.2 Å². The summed E-state index contributed by atoms with van der Waals surface area (Å²) in [5, 5.41) is 11.2. The average Bonchev–Trinajstić information content (AvgIpc) is 2.38. The van der Waals surface area contributed by atoms with E-state index in [1.807, 2.05) is 4.90 Å². The summed E-state index contributed by atoms with van der Waals surface area (Å²) in [4.78, 5) is 23.9. The van der Waals surface area contributed by atoms with E-state index < -0.39 is 10.8 Å². The van der Waals surface area contributed by atoms with Gasteiger partial charge in [-0.3, -0.25) is 14.9 Å². The van der Waals surface area contributed by atoms with Crippen LogP contribution in [-0.4, -0.2) is 23.4 Å². The summed E-state index contributed by atoms with van der Waals surface area (Å²) < 4.78 is 0. The van der Waals surface area contributed by atoms with Gasteiger partial charge in [0, 0.05) is 24.2 Å². The molecule has 1 aliphatic rings. The van der Waals surface area contributed by atoms with Gasteiger partial charge in [0.25, 0.3) is 5.69 Å². The Bertz CT molecular complexity index is 516. The lowest BCUT2D eigenvalue weighted by atomic mass is 10.0. The molecule has 6 nitrogen and oxygen atoms in total. The van der Waals surface area contributed by atoms with Crippen LogP contribution in [0, 0.1) is 10.1 Å². The smallest absolute Gasteiger partial charge is 0.293 e.